The summed E-state index contributed by atoms with van der Waals surface area (Å²) in [6.07, 6.45) is 0. The van der Waals surface area contributed by atoms with Crippen molar-refractivity contribution in [2.45, 2.75) is 5.41 Å². The fraction of sp³-hybridized carbons (Fsp3) is 0.0130. The molecule has 0 aliphatic heterocycles. The smallest absolute Gasteiger partial charge is 0.145 e. The third-order valence-electron chi connectivity index (χ3n) is 17.0. The molecule has 4 aromatic heterocycles. The quantitative estimate of drug-likeness (QED) is 0.137. The van der Waals surface area contributed by atoms with Gasteiger partial charge in [0.1, 0.15) is 23.3 Å². The molecule has 0 bridgehead atoms. The fourth-order valence-corrected chi connectivity index (χ4v) is 13.5. The van der Waals surface area contributed by atoms with Crippen LogP contribution in [0.5, 0.6) is 0 Å². The van der Waals surface area contributed by atoms with Crippen molar-refractivity contribution in [3.05, 3.63) is 326 Å². The summed E-state index contributed by atoms with van der Waals surface area (Å²) >= 11 is 0. The van der Waals surface area contributed by atoms with E-state index in [-0.39, 0.29) is 0 Å². The van der Waals surface area contributed by atoms with Crippen LogP contribution in [0.15, 0.2) is 303 Å². The Morgan fingerprint density at radius 1 is 0.224 bits per heavy atom. The molecule has 17 rings (SSSR count). The average molecular weight is 1090 g/mol. The molecule has 85 heavy (non-hydrogen) atoms. The molecule has 1 aliphatic rings. The summed E-state index contributed by atoms with van der Waals surface area (Å²) in [5, 5.41) is 0. The summed E-state index contributed by atoms with van der Waals surface area (Å²) < 4.78 is 9.23. The van der Waals surface area contributed by atoms with Crippen LogP contribution < -0.4 is 0 Å². The molecule has 0 amide bonds. The highest BCUT2D eigenvalue weighted by atomic mass is 15.1. The molecule has 0 atom stereocenters. The Balaban J connectivity index is 1.05. The van der Waals surface area contributed by atoms with Crippen molar-refractivity contribution in [3.8, 4) is 79.4 Å². The van der Waals surface area contributed by atoms with Crippen molar-refractivity contribution in [1.82, 2.24) is 38.2 Å². The van der Waals surface area contributed by atoms with Crippen LogP contribution in [-0.4, -0.2) is 38.2 Å². The number of benzene rings is 12. The van der Waals surface area contributed by atoms with E-state index in [2.05, 4.69) is 322 Å². The van der Waals surface area contributed by atoms with E-state index < -0.39 is 5.41 Å². The van der Waals surface area contributed by atoms with E-state index in [1.54, 1.807) is 0 Å². The highest BCUT2D eigenvalue weighted by molar-refractivity contribution is 5.93. The number of imidazole rings is 4. The molecule has 8 heteroatoms. The van der Waals surface area contributed by atoms with Crippen LogP contribution in [0.25, 0.3) is 124 Å². The Morgan fingerprint density at radius 3 is 0.741 bits per heavy atom. The predicted molar refractivity (Wildman–Crippen MR) is 344 cm³/mol. The topological polar surface area (TPSA) is 71.3 Å². The van der Waals surface area contributed by atoms with Crippen molar-refractivity contribution in [2.75, 3.05) is 0 Å². The van der Waals surface area contributed by atoms with E-state index in [9.17, 15) is 0 Å². The van der Waals surface area contributed by atoms with Crippen LogP contribution in [0.4, 0.5) is 0 Å². The second kappa shape index (κ2) is 19.3. The van der Waals surface area contributed by atoms with Gasteiger partial charge in [0.15, 0.2) is 0 Å². The third-order valence-corrected chi connectivity index (χ3v) is 17.0. The molecule has 0 saturated carbocycles. The van der Waals surface area contributed by atoms with Crippen molar-refractivity contribution in [1.29, 1.82) is 0 Å². The Hall–Kier alpha value is -11.5. The summed E-state index contributed by atoms with van der Waals surface area (Å²) in [5.41, 5.74) is 21.2. The van der Waals surface area contributed by atoms with Crippen LogP contribution in [0.2, 0.25) is 0 Å². The Labute approximate surface area is 490 Å². The summed E-state index contributed by atoms with van der Waals surface area (Å²) in [4.78, 5) is 22.4. The lowest BCUT2D eigenvalue weighted by Gasteiger charge is -2.35. The van der Waals surface area contributed by atoms with E-state index in [4.69, 9.17) is 19.9 Å². The van der Waals surface area contributed by atoms with Gasteiger partial charge < -0.3 is 0 Å². The predicted octanol–water partition coefficient (Wildman–Crippen LogP) is 18.1. The molecule has 0 spiro atoms. The molecule has 0 N–H and O–H groups in total. The van der Waals surface area contributed by atoms with E-state index in [1.807, 2.05) is 0 Å². The van der Waals surface area contributed by atoms with Gasteiger partial charge in [-0.1, -0.05) is 170 Å². The van der Waals surface area contributed by atoms with Crippen molar-refractivity contribution in [3.63, 3.8) is 0 Å². The van der Waals surface area contributed by atoms with Crippen LogP contribution in [-0.2, 0) is 5.41 Å². The normalized spacial score (nSPS) is 12.6. The van der Waals surface area contributed by atoms with E-state index in [0.717, 1.165) is 146 Å². The Morgan fingerprint density at radius 2 is 0.459 bits per heavy atom. The first-order chi connectivity index (χ1) is 42.2. The zero-order chi connectivity index (χ0) is 56.0. The Kier molecular flexibility index (Phi) is 11.0. The number of hydrogen-bond acceptors (Lipinski definition) is 4. The second-order valence-corrected chi connectivity index (χ2v) is 21.8. The van der Waals surface area contributed by atoms with Gasteiger partial charge in [-0.25, -0.2) is 19.9 Å². The monoisotopic (exact) mass is 1090 g/mol. The van der Waals surface area contributed by atoms with E-state index in [1.165, 1.54) is 0 Å². The first kappa shape index (κ1) is 48.2. The van der Waals surface area contributed by atoms with Crippen LogP contribution in [0, 0.1) is 0 Å². The van der Waals surface area contributed by atoms with Crippen LogP contribution in [0.3, 0.4) is 0 Å². The number of nitrogens with zero attached hydrogens (tertiary/aromatic N) is 8. The van der Waals surface area contributed by atoms with Crippen molar-refractivity contribution in [2.24, 2.45) is 0 Å². The second-order valence-electron chi connectivity index (χ2n) is 21.8. The van der Waals surface area contributed by atoms with Gasteiger partial charge in [0.2, 0.25) is 0 Å². The minimum Gasteiger partial charge on any atom is -0.292 e. The minimum atomic E-state index is -0.983. The molecular weight excluding hydrogens is 1040 g/mol. The van der Waals surface area contributed by atoms with E-state index >= 15 is 0 Å². The van der Waals surface area contributed by atoms with E-state index in [0.29, 0.717) is 0 Å². The molecule has 0 unspecified atom stereocenters. The fourth-order valence-electron chi connectivity index (χ4n) is 13.5. The largest absolute Gasteiger partial charge is 0.292 e. The first-order valence-electron chi connectivity index (χ1n) is 28.8. The molecule has 16 aromatic rings. The summed E-state index contributed by atoms with van der Waals surface area (Å²) in [7, 11) is 0. The molecule has 398 valence electrons. The van der Waals surface area contributed by atoms with Gasteiger partial charge in [-0.3, -0.25) is 18.3 Å². The molecule has 0 radical (unpaired) electrons. The zero-order valence-electron chi connectivity index (χ0n) is 45.9. The van der Waals surface area contributed by atoms with Crippen molar-refractivity contribution < 1.29 is 0 Å². The van der Waals surface area contributed by atoms with Gasteiger partial charge in [-0.2, -0.15) is 0 Å². The number of para-hydroxylation sites is 12. The number of hydrogen-bond donors (Lipinski definition) is 0. The number of rotatable bonds is 10. The lowest BCUT2D eigenvalue weighted by atomic mass is 9.66. The van der Waals surface area contributed by atoms with Gasteiger partial charge >= 0.3 is 0 Å². The maximum Gasteiger partial charge on any atom is 0.145 e. The summed E-state index contributed by atoms with van der Waals surface area (Å²) in [5.74, 6) is 3.26. The van der Waals surface area contributed by atoms with Gasteiger partial charge in [0.25, 0.3) is 0 Å². The summed E-state index contributed by atoms with van der Waals surface area (Å²) in [6, 6.07) is 108. The maximum atomic E-state index is 5.61. The first-order valence-corrected chi connectivity index (χ1v) is 28.8. The molecule has 4 heterocycles. The molecule has 1 aliphatic carbocycles. The van der Waals surface area contributed by atoms with Gasteiger partial charge in [0.05, 0.1) is 49.5 Å². The molecular formula is C77H50N8. The average Bonchev–Trinajstić information content (AvgIpc) is 1.65. The lowest BCUT2D eigenvalue weighted by molar-refractivity contribution is 0.768. The lowest BCUT2D eigenvalue weighted by Crippen LogP contribution is -2.29. The van der Waals surface area contributed by atoms with Crippen LogP contribution >= 0.6 is 0 Å². The Bertz CT molecular complexity index is 4640. The highest BCUT2D eigenvalue weighted by Gasteiger charge is 2.47. The van der Waals surface area contributed by atoms with Gasteiger partial charge in [0, 0.05) is 45.0 Å². The molecule has 12 aromatic carbocycles. The molecule has 8 nitrogen and oxygen atoms in total. The molecule has 0 fully saturated rings. The molecule has 0 saturated heterocycles. The maximum absolute atomic E-state index is 5.61. The SMILES string of the molecule is c1ccc(-n2c(-c3cc(-c4nc5ccccc5n4-c4ccccc4)cc(C4(c5cc(-c6nc7ccccc7n6-c6ccccc6)cc(-c6nc7ccccc7n6-c6ccccc6)c5)c5ccccc5-c5ccccc54)c3)nc3ccccc32)cc1. The van der Waals surface area contributed by atoms with Gasteiger partial charge in [-0.05, 0) is 167 Å². The number of aromatic nitrogens is 8. The number of fused-ring (bicyclic) bond motifs is 7. The van der Waals surface area contributed by atoms with Crippen molar-refractivity contribution >= 4 is 44.1 Å². The zero-order valence-corrected chi connectivity index (χ0v) is 45.9. The highest BCUT2D eigenvalue weighted by Crippen LogP contribution is 2.58. The third kappa shape index (κ3) is 7.55. The summed E-state index contributed by atoms with van der Waals surface area (Å²) in [6.45, 7) is 0. The van der Waals surface area contributed by atoms with Crippen LogP contribution in [0.1, 0.15) is 22.3 Å². The van der Waals surface area contributed by atoms with Gasteiger partial charge in [-0.15, -0.1) is 0 Å². The minimum absolute atomic E-state index is 0.815. The standard InChI is InChI=1S/C77H50N8/c1-5-25-57(26-6-1)82-69-41-21-17-37-65(69)78-73(82)51-45-52(74-79-66-38-18-22-42-70(66)83(74)58-27-7-2-8-28-58)48-55(47-51)77(63-35-15-13-33-61(63)62-34-14-16-36-64(62)77)56-49-53(75-80-67-39-19-23-43-71(67)84(75)59-29-9-3-10-30-59)46-54(50-56)76-81-68-40-20-24-44-72(68)85(76)60-31-11-4-12-32-60/h1-50H.